The van der Waals surface area contributed by atoms with Crippen LogP contribution in [0.5, 0.6) is 11.5 Å². The normalized spacial score (nSPS) is 10.2. The van der Waals surface area contributed by atoms with Gasteiger partial charge < -0.3 is 14.8 Å². The largest absolute Gasteiger partial charge is 0.493 e. The number of hydrogen-bond acceptors (Lipinski definition) is 3. The molecule has 1 N–H and O–H groups in total. The highest BCUT2D eigenvalue weighted by Gasteiger charge is 2.15. The predicted octanol–water partition coefficient (Wildman–Crippen LogP) is 4.18. The summed E-state index contributed by atoms with van der Waals surface area (Å²) >= 11 is 2.13. The van der Waals surface area contributed by atoms with Gasteiger partial charge in [0, 0.05) is 11.3 Å². The fraction of sp³-hybridized carbons (Fsp3) is 0.235. The third-order valence-electron chi connectivity index (χ3n) is 3.55. The minimum absolute atomic E-state index is 0.174. The Balaban J connectivity index is 2.34. The van der Waals surface area contributed by atoms with Crippen LogP contribution in [-0.2, 0) is 0 Å². The molecule has 0 saturated heterocycles. The molecule has 0 bridgehead atoms. The molecule has 5 heteroatoms. The predicted molar refractivity (Wildman–Crippen MR) is 96.1 cm³/mol. The molecule has 0 unspecified atom stereocenters. The number of halogens is 1. The molecule has 0 aliphatic rings. The Hall–Kier alpha value is -1.76. The molecule has 0 heterocycles. The zero-order valence-electron chi connectivity index (χ0n) is 13.0. The first-order chi connectivity index (χ1) is 10.5. The number of ether oxygens (including phenoxy) is 2. The number of methoxy groups -OCH3 is 2. The Morgan fingerprint density at radius 2 is 1.86 bits per heavy atom. The van der Waals surface area contributed by atoms with Crippen LogP contribution in [0.15, 0.2) is 30.3 Å². The average molecular weight is 411 g/mol. The summed E-state index contributed by atoms with van der Waals surface area (Å²) in [5.41, 5.74) is 3.54. The second kappa shape index (κ2) is 7.00. The number of amides is 1. The highest BCUT2D eigenvalue weighted by Crippen LogP contribution is 2.33. The van der Waals surface area contributed by atoms with Gasteiger partial charge in [0.15, 0.2) is 11.5 Å². The van der Waals surface area contributed by atoms with Crippen molar-refractivity contribution >= 4 is 34.2 Å². The lowest BCUT2D eigenvalue weighted by Gasteiger charge is -2.13. The maximum atomic E-state index is 12.5. The van der Waals surface area contributed by atoms with Crippen molar-refractivity contribution in [2.24, 2.45) is 0 Å². The first-order valence-corrected chi connectivity index (χ1v) is 7.85. The molecule has 0 saturated carbocycles. The maximum Gasteiger partial charge on any atom is 0.255 e. The van der Waals surface area contributed by atoms with E-state index in [0.717, 1.165) is 20.4 Å². The summed E-state index contributed by atoms with van der Waals surface area (Å²) in [5.74, 6) is 1.000. The van der Waals surface area contributed by atoms with Crippen LogP contribution in [-0.4, -0.2) is 20.1 Å². The maximum absolute atomic E-state index is 12.5. The van der Waals surface area contributed by atoms with Crippen LogP contribution in [0.1, 0.15) is 21.5 Å². The minimum Gasteiger partial charge on any atom is -0.493 e. The molecule has 0 fully saturated rings. The van der Waals surface area contributed by atoms with E-state index in [4.69, 9.17) is 9.47 Å². The number of aryl methyl sites for hydroxylation is 1. The van der Waals surface area contributed by atoms with Gasteiger partial charge in [0.2, 0.25) is 0 Å². The number of benzene rings is 2. The van der Waals surface area contributed by atoms with Crippen LogP contribution in [0.25, 0.3) is 0 Å². The van der Waals surface area contributed by atoms with Crippen LogP contribution < -0.4 is 14.8 Å². The molecular weight excluding hydrogens is 393 g/mol. The molecule has 116 valence electrons. The molecule has 2 aromatic rings. The van der Waals surface area contributed by atoms with E-state index < -0.39 is 0 Å². The number of carbonyl (C=O) groups is 1. The average Bonchev–Trinajstić information content (AvgIpc) is 2.50. The van der Waals surface area contributed by atoms with E-state index in [-0.39, 0.29) is 5.91 Å². The highest BCUT2D eigenvalue weighted by molar-refractivity contribution is 14.1. The van der Waals surface area contributed by atoms with Crippen molar-refractivity contribution in [2.45, 2.75) is 13.8 Å². The fourth-order valence-electron chi connectivity index (χ4n) is 2.13. The third kappa shape index (κ3) is 3.35. The van der Waals surface area contributed by atoms with Crippen molar-refractivity contribution in [3.63, 3.8) is 0 Å². The van der Waals surface area contributed by atoms with E-state index in [1.165, 1.54) is 0 Å². The van der Waals surface area contributed by atoms with Gasteiger partial charge in [0.05, 0.1) is 17.8 Å². The van der Waals surface area contributed by atoms with E-state index >= 15 is 0 Å². The molecule has 0 aromatic heterocycles. The standard InChI is InChI=1S/C17H18INO3/c1-10-6-5-7-14(11(10)2)19-17(20)12-8-13(18)16(22-4)15(9-12)21-3/h5-9H,1-4H3,(H,19,20). The van der Waals surface area contributed by atoms with E-state index in [1.54, 1.807) is 26.4 Å². The summed E-state index contributed by atoms with van der Waals surface area (Å²) in [6, 6.07) is 9.30. The first kappa shape index (κ1) is 16.6. The van der Waals surface area contributed by atoms with E-state index in [2.05, 4.69) is 27.9 Å². The van der Waals surface area contributed by atoms with Crippen molar-refractivity contribution in [3.8, 4) is 11.5 Å². The molecule has 0 aliphatic heterocycles. The van der Waals surface area contributed by atoms with Crippen molar-refractivity contribution in [1.82, 2.24) is 0 Å². The second-order valence-corrected chi connectivity index (χ2v) is 6.06. The van der Waals surface area contributed by atoms with Gasteiger partial charge >= 0.3 is 0 Å². The minimum atomic E-state index is -0.174. The lowest BCUT2D eigenvalue weighted by molar-refractivity contribution is 0.102. The third-order valence-corrected chi connectivity index (χ3v) is 4.35. The van der Waals surface area contributed by atoms with Gasteiger partial charge in [-0.1, -0.05) is 12.1 Å². The summed E-state index contributed by atoms with van der Waals surface area (Å²) in [6.07, 6.45) is 0. The quantitative estimate of drug-likeness (QED) is 0.769. The van der Waals surface area contributed by atoms with E-state index in [0.29, 0.717) is 17.1 Å². The zero-order chi connectivity index (χ0) is 16.3. The summed E-state index contributed by atoms with van der Waals surface area (Å²) in [6.45, 7) is 4.01. The molecule has 0 aliphatic carbocycles. The number of hydrogen-bond donors (Lipinski definition) is 1. The topological polar surface area (TPSA) is 47.6 Å². The Morgan fingerprint density at radius 1 is 1.14 bits per heavy atom. The first-order valence-electron chi connectivity index (χ1n) is 6.77. The van der Waals surface area contributed by atoms with Crippen molar-refractivity contribution in [3.05, 3.63) is 50.6 Å². The number of nitrogens with one attached hydrogen (secondary N) is 1. The molecule has 22 heavy (non-hydrogen) atoms. The second-order valence-electron chi connectivity index (χ2n) is 4.90. The van der Waals surface area contributed by atoms with Gasteiger partial charge in [-0.05, 0) is 65.8 Å². The smallest absolute Gasteiger partial charge is 0.255 e. The highest BCUT2D eigenvalue weighted by atomic mass is 127. The fourth-order valence-corrected chi connectivity index (χ4v) is 2.95. The van der Waals surface area contributed by atoms with Crippen LogP contribution >= 0.6 is 22.6 Å². The molecule has 2 rings (SSSR count). The van der Waals surface area contributed by atoms with Crippen molar-refractivity contribution in [1.29, 1.82) is 0 Å². The summed E-state index contributed by atoms with van der Waals surface area (Å²) in [7, 11) is 3.14. The van der Waals surface area contributed by atoms with Gasteiger partial charge in [0.25, 0.3) is 5.91 Å². The van der Waals surface area contributed by atoms with Crippen LogP contribution in [0.4, 0.5) is 5.69 Å². The lowest BCUT2D eigenvalue weighted by Crippen LogP contribution is -2.13. The Morgan fingerprint density at radius 3 is 2.50 bits per heavy atom. The van der Waals surface area contributed by atoms with Crippen LogP contribution in [0.2, 0.25) is 0 Å². The van der Waals surface area contributed by atoms with Crippen LogP contribution in [0, 0.1) is 17.4 Å². The molecular formula is C17H18INO3. The van der Waals surface area contributed by atoms with Crippen molar-refractivity contribution in [2.75, 3.05) is 19.5 Å². The van der Waals surface area contributed by atoms with Gasteiger partial charge in [-0.2, -0.15) is 0 Å². The molecule has 0 spiro atoms. The van der Waals surface area contributed by atoms with Gasteiger partial charge in [-0.25, -0.2) is 0 Å². The summed E-state index contributed by atoms with van der Waals surface area (Å²) in [4.78, 5) is 12.5. The summed E-state index contributed by atoms with van der Waals surface area (Å²) < 4.78 is 11.4. The van der Waals surface area contributed by atoms with Gasteiger partial charge in [0.1, 0.15) is 0 Å². The van der Waals surface area contributed by atoms with E-state index in [1.807, 2.05) is 32.0 Å². The number of rotatable bonds is 4. The molecule has 0 radical (unpaired) electrons. The van der Waals surface area contributed by atoms with Gasteiger partial charge in [-0.3, -0.25) is 4.79 Å². The van der Waals surface area contributed by atoms with Crippen molar-refractivity contribution < 1.29 is 14.3 Å². The Kier molecular flexibility index (Phi) is 5.28. The lowest BCUT2D eigenvalue weighted by atomic mass is 10.1. The Labute approximate surface area is 144 Å². The van der Waals surface area contributed by atoms with Crippen LogP contribution in [0.3, 0.4) is 0 Å². The summed E-state index contributed by atoms with van der Waals surface area (Å²) in [5, 5.41) is 2.94. The van der Waals surface area contributed by atoms with Gasteiger partial charge in [-0.15, -0.1) is 0 Å². The monoisotopic (exact) mass is 411 g/mol. The number of anilines is 1. The molecule has 0 atom stereocenters. The molecule has 4 nitrogen and oxygen atoms in total. The molecule has 1 amide bonds. The number of carbonyl (C=O) groups excluding carboxylic acids is 1. The Bertz CT molecular complexity index is 713. The zero-order valence-corrected chi connectivity index (χ0v) is 15.1. The molecule has 2 aromatic carbocycles. The van der Waals surface area contributed by atoms with E-state index in [9.17, 15) is 4.79 Å². The SMILES string of the molecule is COc1cc(C(=O)Nc2cccc(C)c2C)cc(I)c1OC.